The van der Waals surface area contributed by atoms with E-state index in [1.54, 1.807) is 24.5 Å². The summed E-state index contributed by atoms with van der Waals surface area (Å²) < 4.78 is 15.3. The van der Waals surface area contributed by atoms with Crippen LogP contribution in [-0.2, 0) is 16.1 Å². The number of benzene rings is 3. The molecule has 0 saturated carbocycles. The molecule has 3 aromatic carbocycles. The van der Waals surface area contributed by atoms with Crippen molar-refractivity contribution in [2.24, 2.45) is 4.99 Å². The second-order valence-corrected chi connectivity index (χ2v) is 12.1. The third kappa shape index (κ3) is 5.61. The van der Waals surface area contributed by atoms with E-state index in [9.17, 15) is 9.59 Å². The number of halogens is 2. The van der Waals surface area contributed by atoms with Crippen LogP contribution in [0.25, 0.3) is 17.0 Å². The number of para-hydroxylation sites is 1. The summed E-state index contributed by atoms with van der Waals surface area (Å²) in [7, 11) is 0. The maximum absolute atomic E-state index is 14.2. The van der Waals surface area contributed by atoms with Gasteiger partial charge in [-0.2, -0.15) is 0 Å². The molecule has 7 nitrogen and oxygen atoms in total. The number of hydrogen-bond acceptors (Lipinski definition) is 6. The molecule has 2 aromatic heterocycles. The maximum Gasteiger partial charge on any atom is 0.338 e. The van der Waals surface area contributed by atoms with E-state index in [2.05, 4.69) is 4.57 Å². The van der Waals surface area contributed by atoms with Crippen LogP contribution in [0.4, 0.5) is 0 Å². The van der Waals surface area contributed by atoms with Gasteiger partial charge in [0.2, 0.25) is 0 Å². The standard InChI is InChI=1S/C34H29Cl2N3O4S/c1-4-42-25-14-11-21(12-15-25)31-30(33(41)43-5-2)20(3)37-34-39(31)32(40)29(44-34)16-23-19-38(28-9-7-6-8-26(23)28)18-22-10-13-24(35)17-27(22)36/h6-17,19,31H,4-5,18H2,1-3H3/b29-16-. The van der Waals surface area contributed by atoms with Crippen LogP contribution in [0, 0.1) is 0 Å². The Morgan fingerprint density at radius 1 is 1.05 bits per heavy atom. The molecule has 1 aliphatic rings. The van der Waals surface area contributed by atoms with Gasteiger partial charge in [-0.05, 0) is 68.3 Å². The lowest BCUT2D eigenvalue weighted by Crippen LogP contribution is -2.39. The molecule has 0 bridgehead atoms. The molecule has 6 rings (SSSR count). The predicted octanol–water partition coefficient (Wildman–Crippen LogP) is 6.51. The summed E-state index contributed by atoms with van der Waals surface area (Å²) >= 11 is 13.9. The van der Waals surface area contributed by atoms with Gasteiger partial charge < -0.3 is 14.0 Å². The number of rotatable bonds is 8. The summed E-state index contributed by atoms with van der Waals surface area (Å²) in [5.74, 6) is 0.212. The molecule has 0 fully saturated rings. The lowest BCUT2D eigenvalue weighted by Gasteiger charge is -2.24. The first-order valence-electron chi connectivity index (χ1n) is 14.2. The molecule has 3 heterocycles. The SMILES string of the molecule is CCOC(=O)C1=C(C)N=c2s/c(=C\c3cn(Cc4ccc(Cl)cc4Cl)c4ccccc34)c(=O)n2C1c1ccc(OCC)cc1. The van der Waals surface area contributed by atoms with Crippen molar-refractivity contribution < 1.29 is 14.3 Å². The Labute approximate surface area is 267 Å². The summed E-state index contributed by atoms with van der Waals surface area (Å²) in [5, 5.41) is 2.17. The van der Waals surface area contributed by atoms with Crippen LogP contribution in [-0.4, -0.2) is 28.3 Å². The maximum atomic E-state index is 14.2. The molecule has 0 amide bonds. The van der Waals surface area contributed by atoms with Crippen molar-refractivity contribution in [2.45, 2.75) is 33.4 Å². The third-order valence-electron chi connectivity index (χ3n) is 7.49. The van der Waals surface area contributed by atoms with Crippen molar-refractivity contribution in [1.29, 1.82) is 0 Å². The summed E-state index contributed by atoms with van der Waals surface area (Å²) in [6.45, 7) is 6.73. The molecule has 10 heteroatoms. The van der Waals surface area contributed by atoms with E-state index < -0.39 is 12.0 Å². The minimum absolute atomic E-state index is 0.210. The number of esters is 1. The second-order valence-electron chi connectivity index (χ2n) is 10.3. The highest BCUT2D eigenvalue weighted by Gasteiger charge is 2.33. The molecule has 5 aromatic rings. The first-order chi connectivity index (χ1) is 21.3. The third-order valence-corrected chi connectivity index (χ3v) is 9.06. The lowest BCUT2D eigenvalue weighted by atomic mass is 9.96. The molecule has 0 radical (unpaired) electrons. The summed E-state index contributed by atoms with van der Waals surface area (Å²) in [4.78, 5) is 32.6. The van der Waals surface area contributed by atoms with Crippen molar-refractivity contribution in [3.8, 4) is 5.75 Å². The highest BCUT2D eigenvalue weighted by molar-refractivity contribution is 7.07. The van der Waals surface area contributed by atoms with Gasteiger partial charge in [-0.3, -0.25) is 9.36 Å². The van der Waals surface area contributed by atoms with Crippen molar-refractivity contribution in [2.75, 3.05) is 13.2 Å². The summed E-state index contributed by atoms with van der Waals surface area (Å²) in [5.41, 5.74) is 4.20. The minimum Gasteiger partial charge on any atom is -0.494 e. The van der Waals surface area contributed by atoms with Gasteiger partial charge in [-0.25, -0.2) is 9.79 Å². The van der Waals surface area contributed by atoms with Gasteiger partial charge in [0.15, 0.2) is 4.80 Å². The zero-order valence-electron chi connectivity index (χ0n) is 24.3. The molecular formula is C34H29Cl2N3O4S. The Kier molecular flexibility index (Phi) is 8.49. The smallest absolute Gasteiger partial charge is 0.338 e. The average molecular weight is 647 g/mol. The van der Waals surface area contributed by atoms with Gasteiger partial charge >= 0.3 is 5.97 Å². The van der Waals surface area contributed by atoms with Gasteiger partial charge in [0, 0.05) is 39.3 Å². The molecule has 0 spiro atoms. The molecule has 44 heavy (non-hydrogen) atoms. The van der Waals surface area contributed by atoms with Crippen molar-refractivity contribution in [3.05, 3.63) is 131 Å². The van der Waals surface area contributed by atoms with Gasteiger partial charge in [0.1, 0.15) is 5.75 Å². The first-order valence-corrected chi connectivity index (χ1v) is 15.8. The van der Waals surface area contributed by atoms with E-state index in [4.69, 9.17) is 37.7 Å². The Morgan fingerprint density at radius 2 is 1.82 bits per heavy atom. The van der Waals surface area contributed by atoms with Crippen molar-refractivity contribution in [1.82, 2.24) is 9.13 Å². The largest absolute Gasteiger partial charge is 0.494 e. The number of carbonyl (C=O) groups is 1. The molecule has 224 valence electrons. The van der Waals surface area contributed by atoms with Gasteiger partial charge in [-0.15, -0.1) is 0 Å². The fourth-order valence-corrected chi connectivity index (χ4v) is 7.02. The molecule has 0 aliphatic carbocycles. The number of fused-ring (bicyclic) bond motifs is 2. The van der Waals surface area contributed by atoms with Crippen molar-refractivity contribution in [3.63, 3.8) is 0 Å². The number of thiazole rings is 1. The van der Waals surface area contributed by atoms with Crippen LogP contribution < -0.4 is 19.6 Å². The number of carbonyl (C=O) groups excluding carboxylic acids is 1. The van der Waals surface area contributed by atoms with E-state index in [0.717, 1.165) is 27.6 Å². The van der Waals surface area contributed by atoms with E-state index in [0.29, 0.717) is 49.6 Å². The Hall–Kier alpha value is -4.11. The summed E-state index contributed by atoms with van der Waals surface area (Å²) in [6.07, 6.45) is 3.91. The summed E-state index contributed by atoms with van der Waals surface area (Å²) in [6, 6.07) is 20.2. The van der Waals surface area contributed by atoms with Gasteiger partial charge in [0.05, 0.1) is 35.1 Å². The second kappa shape index (κ2) is 12.5. The molecule has 1 aliphatic heterocycles. The topological polar surface area (TPSA) is 74.8 Å². The van der Waals surface area contributed by atoms with Crippen LogP contribution in [0.1, 0.15) is 43.5 Å². The number of hydrogen-bond donors (Lipinski definition) is 0. The highest BCUT2D eigenvalue weighted by atomic mass is 35.5. The zero-order chi connectivity index (χ0) is 31.0. The quantitative estimate of drug-likeness (QED) is 0.180. The van der Waals surface area contributed by atoms with Crippen LogP contribution >= 0.6 is 34.5 Å². The fraction of sp³-hybridized carbons (Fsp3) is 0.206. The van der Waals surface area contributed by atoms with E-state index in [1.807, 2.05) is 79.9 Å². The zero-order valence-corrected chi connectivity index (χ0v) is 26.7. The molecule has 1 unspecified atom stereocenters. The molecule has 0 saturated heterocycles. The van der Waals surface area contributed by atoms with E-state index in [1.165, 1.54) is 11.3 Å². The van der Waals surface area contributed by atoms with Crippen LogP contribution in [0.5, 0.6) is 5.75 Å². The Bertz CT molecular complexity index is 2110. The number of nitrogens with zero attached hydrogens (tertiary/aromatic N) is 3. The van der Waals surface area contributed by atoms with E-state index >= 15 is 0 Å². The van der Waals surface area contributed by atoms with Crippen LogP contribution in [0.3, 0.4) is 0 Å². The highest BCUT2D eigenvalue weighted by Crippen LogP contribution is 2.32. The van der Waals surface area contributed by atoms with E-state index in [-0.39, 0.29) is 12.2 Å². The lowest BCUT2D eigenvalue weighted by molar-refractivity contribution is -0.139. The van der Waals surface area contributed by atoms with Gasteiger partial charge in [0.25, 0.3) is 5.56 Å². The fourth-order valence-electron chi connectivity index (χ4n) is 5.52. The first kappa shape index (κ1) is 29.9. The van der Waals surface area contributed by atoms with Crippen molar-refractivity contribution >= 4 is 57.5 Å². The Balaban J connectivity index is 1.49. The minimum atomic E-state index is -0.698. The van der Waals surface area contributed by atoms with Crippen LogP contribution in [0.2, 0.25) is 10.0 Å². The normalized spacial score (nSPS) is 14.9. The van der Waals surface area contributed by atoms with Gasteiger partial charge in [-0.1, -0.05) is 70.9 Å². The molecule has 1 atom stereocenters. The molecule has 0 N–H and O–H groups in total. The number of allylic oxidation sites excluding steroid dienone is 1. The number of aromatic nitrogens is 2. The monoisotopic (exact) mass is 645 g/mol. The predicted molar refractivity (Wildman–Crippen MR) is 176 cm³/mol. The number of ether oxygens (including phenoxy) is 2. The van der Waals surface area contributed by atoms with Crippen LogP contribution in [0.15, 0.2) is 94.0 Å². The average Bonchev–Trinajstić information content (AvgIpc) is 3.50. The Morgan fingerprint density at radius 3 is 2.55 bits per heavy atom. The molecular weight excluding hydrogens is 617 g/mol.